The van der Waals surface area contributed by atoms with Crippen LogP contribution in [0.1, 0.15) is 269 Å². The highest BCUT2D eigenvalue weighted by molar-refractivity contribution is 7.92. The molecule has 8 aromatic rings. The van der Waals surface area contributed by atoms with Crippen LogP contribution >= 0.6 is 0 Å². The Morgan fingerprint density at radius 1 is 0.398 bits per heavy atom. The number of esters is 1. The number of pyridine rings is 4. The molecule has 714 valence electrons. The molecule has 4 aromatic heterocycles. The predicted octanol–water partition coefficient (Wildman–Crippen LogP) is 21.7. The molecule has 128 heavy (non-hydrogen) atoms. The van der Waals surface area contributed by atoms with Gasteiger partial charge in [-0.25, -0.2) is 38.5 Å². The number of rotatable bonds is 33. The van der Waals surface area contributed by atoms with E-state index in [-0.39, 0.29) is 104 Å². The number of phenols is 1. The molecule has 0 unspecified atom stereocenters. The summed E-state index contributed by atoms with van der Waals surface area (Å²) in [5.74, 6) is 2.86. The molecule has 0 saturated carbocycles. The standard InChI is InChI=1S/C13H18O3.C13H18O2.4C11H17NO2S.2C11H14O.C6H12O.C5H11F/c1-10(2)15-8-9-16-13(14)12-6-4-11(3)5-7-12;1-9(2)12(14)7-6-11-5-4-10(3)13(15)8-11;1-9(2)15(13,14)7-5-11-4-6-12-10(3)8-11;1-9(2)15(13,14)7-6-11-5-4-10(3)8-12-11;1-9(2)15(13,14)8-6-11-10(3)5-4-7-12-11;1-9(2)15(13,14)8-7-11-6-4-5-10(3)12-11;2*1-8(2)11(12)10-6-4-9(3)5-7-10;1-4-6(7)5(2)3;1-5(2)3-4-6/h4-7,10H,8-9H2,1-3H3;4-5,8-9,15H,6-7H2,1-3H3;4,6,8-9H,5,7H2,1-3H3;4-5,8-9H,6-7H2,1-3H3;4-5,7,9H,6,8H2,1-3H3;4-6,9H,7-8H2,1-3H3;2*4-8H,1-3H3;5H,4H2,1-3H3;5H,3-4H2,1-2H3. The monoisotopic (exact) mass is 1850 g/mol. The number of Topliss-reactive ketones (excluding diaryl/α,β-unsaturated/α-hetero) is 4. The Balaban J connectivity index is 0. The molecular weight excluding hydrogens is 1700 g/mol. The van der Waals surface area contributed by atoms with Crippen LogP contribution in [0.2, 0.25) is 0 Å². The Morgan fingerprint density at radius 3 is 1.20 bits per heavy atom. The third-order valence-electron chi connectivity index (χ3n) is 19.5. The number of ether oxygens (including phenoxy) is 2. The molecule has 1 N–H and O–H groups in total. The Morgan fingerprint density at radius 2 is 0.836 bits per heavy atom. The molecule has 0 aliphatic rings. The zero-order chi connectivity index (χ0) is 98.4. The van der Waals surface area contributed by atoms with Crippen molar-refractivity contribution >= 4 is 68.5 Å². The van der Waals surface area contributed by atoms with Crippen LogP contribution in [0.3, 0.4) is 0 Å². The van der Waals surface area contributed by atoms with Gasteiger partial charge in [-0.2, -0.15) is 0 Å². The predicted molar refractivity (Wildman–Crippen MR) is 526 cm³/mol. The van der Waals surface area contributed by atoms with E-state index < -0.39 is 39.3 Å². The van der Waals surface area contributed by atoms with E-state index in [0.29, 0.717) is 87.6 Å². The highest BCUT2D eigenvalue weighted by Crippen LogP contribution is 2.20. The number of sulfone groups is 4. The molecule has 0 radical (unpaired) electrons. The Labute approximate surface area is 771 Å². The third-order valence-corrected chi connectivity index (χ3v) is 28.3. The average Bonchev–Trinajstić information content (AvgIpc) is 0.895. The molecule has 0 fully saturated rings. The second kappa shape index (κ2) is 64.0. The number of aromatic hydroxyl groups is 1. The largest absolute Gasteiger partial charge is 0.508 e. The second-order valence-electron chi connectivity index (χ2n) is 34.6. The van der Waals surface area contributed by atoms with Crippen LogP contribution in [-0.2, 0) is 90.5 Å². The van der Waals surface area contributed by atoms with Crippen molar-refractivity contribution < 1.29 is 76.6 Å². The summed E-state index contributed by atoms with van der Waals surface area (Å²) in [6.07, 6.45) is 10.1. The molecule has 0 spiro atoms. The van der Waals surface area contributed by atoms with E-state index >= 15 is 0 Å². The fourth-order valence-corrected chi connectivity index (χ4v) is 14.0. The maximum atomic E-state index is 11.6. The number of halogens is 1. The first kappa shape index (κ1) is 121. The van der Waals surface area contributed by atoms with Crippen LogP contribution in [0.15, 0.2) is 164 Å². The van der Waals surface area contributed by atoms with Gasteiger partial charge in [-0.05, 0) is 232 Å². The van der Waals surface area contributed by atoms with Crippen molar-refractivity contribution in [2.24, 2.45) is 29.6 Å². The second-order valence-corrected chi connectivity index (χ2v) is 45.3. The van der Waals surface area contributed by atoms with E-state index in [4.69, 9.17) is 9.47 Å². The van der Waals surface area contributed by atoms with Gasteiger partial charge in [-0.3, -0.25) is 43.5 Å². The number of nitrogens with zero attached hydrogens (tertiary/aromatic N) is 4. The van der Waals surface area contributed by atoms with E-state index in [2.05, 4.69) is 19.9 Å². The van der Waals surface area contributed by atoms with Crippen molar-refractivity contribution in [2.75, 3.05) is 42.9 Å². The third kappa shape index (κ3) is 55.9. The van der Waals surface area contributed by atoms with Gasteiger partial charge >= 0.3 is 5.97 Å². The Kier molecular flexibility index (Phi) is 60.6. The highest BCUT2D eigenvalue weighted by atomic mass is 32.2. The maximum absolute atomic E-state index is 11.6. The smallest absolute Gasteiger partial charge is 0.338 e. The fourth-order valence-electron chi connectivity index (χ4n) is 10.1. The molecule has 0 aliphatic carbocycles. The van der Waals surface area contributed by atoms with Crippen LogP contribution in [0.5, 0.6) is 5.75 Å². The van der Waals surface area contributed by atoms with Gasteiger partial charge in [0.2, 0.25) is 0 Å². The summed E-state index contributed by atoms with van der Waals surface area (Å²) in [6, 6.07) is 45.4. The molecule has 25 heteroatoms. The lowest BCUT2D eigenvalue weighted by atomic mass is 10.0. The summed E-state index contributed by atoms with van der Waals surface area (Å²) < 4.78 is 114. The van der Waals surface area contributed by atoms with E-state index in [1.54, 1.807) is 92.2 Å². The SMILES string of the molecule is CC(C)CCF.CCC(=O)C(C)C.Cc1cc(CCS(=O)(=O)C(C)C)ccn1.Cc1ccc(C(=O)C(C)C)cc1.Cc1ccc(C(=O)C(C)C)cc1.Cc1ccc(C(=O)OCCOC(C)C)cc1.Cc1ccc(CCC(=O)C(C)C)cc1O.Cc1ccc(CCS(=O)(=O)C(C)C)nc1.Cc1cccc(CCS(=O)(=O)C(C)C)n1.Cc1cccnc1CCS(=O)(=O)C(C)C. The summed E-state index contributed by atoms with van der Waals surface area (Å²) in [6.45, 7) is 55.0. The minimum absolute atomic E-state index is 0.0905. The quantitative estimate of drug-likeness (QED) is 0.0227. The first-order valence-electron chi connectivity index (χ1n) is 44.4. The lowest BCUT2D eigenvalue weighted by molar-refractivity contribution is -0.122. The van der Waals surface area contributed by atoms with Crippen LogP contribution in [-0.4, -0.2) is 158 Å². The van der Waals surface area contributed by atoms with E-state index in [1.807, 2.05) is 273 Å². The first-order chi connectivity index (χ1) is 59.4. The number of phenolic OH excluding ortho intramolecular Hbond substituents is 1. The zero-order valence-electron chi connectivity index (χ0n) is 82.3. The van der Waals surface area contributed by atoms with Crippen molar-refractivity contribution in [3.05, 3.63) is 254 Å². The van der Waals surface area contributed by atoms with Gasteiger partial charge in [0.15, 0.2) is 50.9 Å². The van der Waals surface area contributed by atoms with Crippen molar-refractivity contribution in [1.29, 1.82) is 0 Å². The lowest BCUT2D eigenvalue weighted by Crippen LogP contribution is -2.19. The number of alkyl halides is 1. The Hall–Kier alpha value is -8.88. The molecule has 4 aromatic carbocycles. The van der Waals surface area contributed by atoms with Crippen LogP contribution in [0.25, 0.3) is 0 Å². The van der Waals surface area contributed by atoms with Gasteiger partial charge in [-0.15, -0.1) is 0 Å². The summed E-state index contributed by atoms with van der Waals surface area (Å²) in [5.41, 5.74) is 15.2. The van der Waals surface area contributed by atoms with Gasteiger partial charge in [0, 0.05) is 114 Å². The van der Waals surface area contributed by atoms with E-state index in [0.717, 1.165) is 73.0 Å². The average molecular weight is 1850 g/mol. The maximum Gasteiger partial charge on any atom is 0.338 e. The molecular formula is C103H155FN4O16S4. The first-order valence-corrected chi connectivity index (χ1v) is 51.3. The Bertz CT molecular complexity index is 4850. The number of hydrogen-bond acceptors (Lipinski definition) is 20. The highest BCUT2D eigenvalue weighted by Gasteiger charge is 2.21. The van der Waals surface area contributed by atoms with Crippen LogP contribution in [0, 0.1) is 85.0 Å². The minimum atomic E-state index is -2.95. The van der Waals surface area contributed by atoms with Crippen molar-refractivity contribution in [2.45, 2.75) is 279 Å². The van der Waals surface area contributed by atoms with Crippen LogP contribution < -0.4 is 0 Å². The van der Waals surface area contributed by atoms with Gasteiger partial charge < -0.3 is 14.6 Å². The van der Waals surface area contributed by atoms with Gasteiger partial charge in [0.05, 0.1) is 69.0 Å². The lowest BCUT2D eigenvalue weighted by Gasteiger charge is -2.08. The van der Waals surface area contributed by atoms with Crippen molar-refractivity contribution in [3.8, 4) is 5.75 Å². The summed E-state index contributed by atoms with van der Waals surface area (Å²) >= 11 is 0. The zero-order valence-corrected chi connectivity index (χ0v) is 85.6. The normalized spacial score (nSPS) is 11.1. The van der Waals surface area contributed by atoms with Gasteiger partial charge in [0.1, 0.15) is 23.9 Å². The summed E-state index contributed by atoms with van der Waals surface area (Å²) in [7, 11) is -11.8. The summed E-state index contributed by atoms with van der Waals surface area (Å²) in [4.78, 5) is 73.0. The van der Waals surface area contributed by atoms with Crippen molar-refractivity contribution in [1.82, 2.24) is 19.9 Å². The van der Waals surface area contributed by atoms with Crippen LogP contribution in [0.4, 0.5) is 4.39 Å². The molecule has 0 saturated heterocycles. The molecule has 0 aliphatic heterocycles. The number of aromatic nitrogens is 4. The number of ketones is 4. The van der Waals surface area contributed by atoms with Crippen molar-refractivity contribution in [3.63, 3.8) is 0 Å². The molecule has 4 heterocycles. The van der Waals surface area contributed by atoms with Gasteiger partial charge in [0.25, 0.3) is 0 Å². The summed E-state index contributed by atoms with van der Waals surface area (Å²) in [5, 5.41) is 8.29. The van der Waals surface area contributed by atoms with E-state index in [9.17, 15) is 67.1 Å². The molecule has 8 rings (SSSR count). The number of carbonyl (C=O) groups is 5. The molecule has 0 bridgehead atoms. The molecule has 0 atom stereocenters. The van der Waals surface area contributed by atoms with Gasteiger partial charge in [-0.1, -0.05) is 184 Å². The van der Waals surface area contributed by atoms with E-state index in [1.165, 1.54) is 11.1 Å². The molecule has 20 nitrogen and oxygen atoms in total. The number of carbonyl (C=O) groups excluding carboxylic acids is 5. The number of benzene rings is 4. The molecule has 0 amide bonds. The number of aryl methyl sites for hydroxylation is 13. The topological polar surface area (TPSA) is 312 Å². The number of hydrogen-bond donors (Lipinski definition) is 1. The fraction of sp³-hybridized carbons (Fsp3) is 0.524. The minimum Gasteiger partial charge on any atom is -0.508 e.